The maximum atomic E-state index is 12.6. The summed E-state index contributed by atoms with van der Waals surface area (Å²) in [7, 11) is -0.501. The molecule has 2 saturated heterocycles. The molecule has 8 heteroatoms. The third-order valence-corrected chi connectivity index (χ3v) is 5.21. The summed E-state index contributed by atoms with van der Waals surface area (Å²) in [6, 6.07) is 0. The number of halogens is 3. The van der Waals surface area contributed by atoms with Gasteiger partial charge >= 0.3 is 13.3 Å². The van der Waals surface area contributed by atoms with Crippen molar-refractivity contribution in [3.8, 4) is 0 Å². The molecule has 4 nitrogen and oxygen atoms in total. The van der Waals surface area contributed by atoms with Crippen molar-refractivity contribution in [2.24, 2.45) is 5.92 Å². The summed E-state index contributed by atoms with van der Waals surface area (Å²) in [4.78, 5) is 0. The van der Waals surface area contributed by atoms with Gasteiger partial charge in [-0.15, -0.1) is 0 Å². The molecule has 0 aromatic rings. The molecule has 1 unspecified atom stereocenters. The van der Waals surface area contributed by atoms with Crippen LogP contribution in [0.2, 0.25) is 0 Å². The van der Waals surface area contributed by atoms with E-state index in [1.165, 1.54) is 0 Å². The van der Waals surface area contributed by atoms with E-state index in [1.54, 1.807) is 6.08 Å². The molecular formula is C17H28BF3O4. The molecule has 0 bridgehead atoms. The zero-order valence-corrected chi connectivity index (χ0v) is 15.4. The molecule has 0 radical (unpaired) electrons. The van der Waals surface area contributed by atoms with Crippen molar-refractivity contribution in [2.45, 2.75) is 64.3 Å². The van der Waals surface area contributed by atoms with Crippen molar-refractivity contribution in [1.82, 2.24) is 0 Å². The Balaban J connectivity index is 0.000000316. The predicted molar refractivity (Wildman–Crippen MR) is 89.2 cm³/mol. The Labute approximate surface area is 148 Å². The Bertz CT molecular complexity index is 445. The lowest BCUT2D eigenvalue weighted by atomic mass is 9.70. The molecule has 0 N–H and O–H groups in total. The van der Waals surface area contributed by atoms with Crippen LogP contribution in [-0.4, -0.2) is 50.9 Å². The second-order valence-corrected chi connectivity index (χ2v) is 7.60. The van der Waals surface area contributed by atoms with Gasteiger partial charge in [0.2, 0.25) is 0 Å². The van der Waals surface area contributed by atoms with Crippen molar-refractivity contribution in [3.05, 3.63) is 11.5 Å². The van der Waals surface area contributed by atoms with Gasteiger partial charge < -0.3 is 18.8 Å². The highest BCUT2D eigenvalue weighted by molar-refractivity contribution is 6.54. The quantitative estimate of drug-likeness (QED) is 0.661. The van der Waals surface area contributed by atoms with Crippen LogP contribution in [0.1, 0.15) is 47.0 Å². The van der Waals surface area contributed by atoms with Gasteiger partial charge in [-0.2, -0.15) is 13.2 Å². The highest BCUT2D eigenvalue weighted by atomic mass is 19.4. The number of hydrogen-bond donors (Lipinski definition) is 0. The molecule has 0 aromatic carbocycles. The molecule has 0 aromatic heterocycles. The molecule has 1 aliphatic carbocycles. The summed E-state index contributed by atoms with van der Waals surface area (Å²) in [5, 5.41) is 0. The van der Waals surface area contributed by atoms with E-state index in [-0.39, 0.29) is 12.8 Å². The lowest BCUT2D eigenvalue weighted by Gasteiger charge is -2.32. The first-order chi connectivity index (χ1) is 11.5. The van der Waals surface area contributed by atoms with Gasteiger partial charge in [0.15, 0.2) is 0 Å². The maximum Gasteiger partial charge on any atom is 0.490 e. The molecule has 144 valence electrons. The number of ether oxygens (including phenoxy) is 2. The van der Waals surface area contributed by atoms with Crippen LogP contribution in [0.4, 0.5) is 13.2 Å². The SMILES string of the molecule is C1COCCO1.CC1(C)OB(C2=CCC(C(F)(F)F)CC2)OC1(C)C. The molecule has 3 aliphatic rings. The van der Waals surface area contributed by atoms with Gasteiger partial charge in [-0.05, 0) is 52.4 Å². The normalized spacial score (nSPS) is 28.8. The Kier molecular flexibility index (Phi) is 6.63. The zero-order chi connectivity index (χ0) is 18.7. The van der Waals surface area contributed by atoms with Crippen molar-refractivity contribution in [2.75, 3.05) is 26.4 Å². The summed E-state index contributed by atoms with van der Waals surface area (Å²) in [5.74, 6) is -1.22. The average Bonchev–Trinajstić information content (AvgIpc) is 2.77. The van der Waals surface area contributed by atoms with Crippen LogP contribution in [0.3, 0.4) is 0 Å². The van der Waals surface area contributed by atoms with Gasteiger partial charge in [0.1, 0.15) is 0 Å². The van der Waals surface area contributed by atoms with E-state index >= 15 is 0 Å². The largest absolute Gasteiger partial charge is 0.490 e. The standard InChI is InChI=1S/C13H20BF3O2.C4H8O2/c1-11(2)12(3,4)19-14(18-11)10-7-5-9(6-8-10)13(15,16)17;1-2-6-4-3-5-1/h7,9H,5-6,8H2,1-4H3;1-4H2. The maximum absolute atomic E-state index is 12.6. The van der Waals surface area contributed by atoms with Crippen LogP contribution >= 0.6 is 0 Å². The number of alkyl halides is 3. The lowest BCUT2D eigenvalue weighted by Crippen LogP contribution is -2.41. The van der Waals surface area contributed by atoms with Crippen molar-refractivity contribution in [3.63, 3.8) is 0 Å². The summed E-state index contributed by atoms with van der Waals surface area (Å²) in [6.07, 6.45) is -1.91. The number of hydrogen-bond acceptors (Lipinski definition) is 4. The zero-order valence-electron chi connectivity index (χ0n) is 15.4. The van der Waals surface area contributed by atoms with E-state index in [9.17, 15) is 13.2 Å². The van der Waals surface area contributed by atoms with Crippen LogP contribution in [0.15, 0.2) is 11.5 Å². The van der Waals surface area contributed by atoms with Crippen molar-refractivity contribution < 1.29 is 32.0 Å². The predicted octanol–water partition coefficient (Wildman–Crippen LogP) is 3.94. The molecule has 3 rings (SSSR count). The number of rotatable bonds is 1. The highest BCUT2D eigenvalue weighted by Gasteiger charge is 2.53. The third-order valence-electron chi connectivity index (χ3n) is 5.21. The first-order valence-corrected chi connectivity index (χ1v) is 8.80. The highest BCUT2D eigenvalue weighted by Crippen LogP contribution is 2.42. The van der Waals surface area contributed by atoms with Gasteiger partial charge in [-0.1, -0.05) is 6.08 Å². The summed E-state index contributed by atoms with van der Waals surface area (Å²) >= 11 is 0. The van der Waals surface area contributed by atoms with E-state index in [1.807, 2.05) is 27.7 Å². The molecule has 2 heterocycles. The van der Waals surface area contributed by atoms with E-state index < -0.39 is 30.4 Å². The van der Waals surface area contributed by atoms with Gasteiger partial charge in [-0.3, -0.25) is 0 Å². The summed E-state index contributed by atoms with van der Waals surface area (Å²) < 4.78 is 59.4. The van der Waals surface area contributed by atoms with Gasteiger partial charge in [-0.25, -0.2) is 0 Å². The second-order valence-electron chi connectivity index (χ2n) is 7.60. The topological polar surface area (TPSA) is 36.9 Å². The van der Waals surface area contributed by atoms with E-state index in [0.29, 0.717) is 6.42 Å². The van der Waals surface area contributed by atoms with Gasteiger partial charge in [0.05, 0.1) is 43.5 Å². The fourth-order valence-corrected chi connectivity index (χ4v) is 2.80. The fraction of sp³-hybridized carbons (Fsp3) is 0.882. The van der Waals surface area contributed by atoms with Gasteiger partial charge in [0, 0.05) is 0 Å². The monoisotopic (exact) mass is 364 g/mol. The van der Waals surface area contributed by atoms with Gasteiger partial charge in [0.25, 0.3) is 0 Å². The van der Waals surface area contributed by atoms with E-state index in [0.717, 1.165) is 31.9 Å². The second kappa shape index (κ2) is 7.98. The minimum Gasteiger partial charge on any atom is -0.400 e. The molecule has 0 amide bonds. The average molecular weight is 364 g/mol. The molecule has 1 atom stereocenters. The van der Waals surface area contributed by atoms with Crippen molar-refractivity contribution in [1.29, 1.82) is 0 Å². The Morgan fingerprint density at radius 3 is 1.76 bits per heavy atom. The van der Waals surface area contributed by atoms with Crippen LogP contribution in [-0.2, 0) is 18.8 Å². The first-order valence-electron chi connectivity index (χ1n) is 8.80. The molecule has 25 heavy (non-hydrogen) atoms. The molecular weight excluding hydrogens is 336 g/mol. The fourth-order valence-electron chi connectivity index (χ4n) is 2.80. The Hall–Kier alpha value is -0.565. The molecule has 0 spiro atoms. The summed E-state index contributed by atoms with van der Waals surface area (Å²) in [6.45, 7) is 10.9. The smallest absolute Gasteiger partial charge is 0.400 e. The molecule has 2 fully saturated rings. The van der Waals surface area contributed by atoms with E-state index in [4.69, 9.17) is 18.8 Å². The molecule has 2 aliphatic heterocycles. The van der Waals surface area contributed by atoms with Crippen molar-refractivity contribution >= 4 is 7.12 Å². The Morgan fingerprint density at radius 1 is 0.960 bits per heavy atom. The van der Waals surface area contributed by atoms with E-state index in [2.05, 4.69) is 0 Å². The lowest BCUT2D eigenvalue weighted by molar-refractivity contribution is -0.176. The minimum atomic E-state index is -4.10. The van der Waals surface area contributed by atoms with Crippen LogP contribution in [0.25, 0.3) is 0 Å². The Morgan fingerprint density at radius 2 is 1.44 bits per heavy atom. The summed E-state index contributed by atoms with van der Waals surface area (Å²) in [5.41, 5.74) is -0.0437. The number of allylic oxidation sites excluding steroid dienone is 2. The first kappa shape index (κ1) is 20.7. The van der Waals surface area contributed by atoms with Crippen LogP contribution in [0, 0.1) is 5.92 Å². The third kappa shape index (κ3) is 5.45. The minimum absolute atomic E-state index is 0.0307. The van der Waals surface area contributed by atoms with Crippen LogP contribution < -0.4 is 0 Å². The molecule has 0 saturated carbocycles. The van der Waals surface area contributed by atoms with Crippen LogP contribution in [0.5, 0.6) is 0 Å².